The van der Waals surface area contributed by atoms with E-state index in [-0.39, 0.29) is 5.69 Å². The van der Waals surface area contributed by atoms with Crippen molar-refractivity contribution in [2.24, 2.45) is 12.8 Å². The minimum Gasteiger partial charge on any atom is -0.368 e. The molecule has 0 aliphatic rings. The van der Waals surface area contributed by atoms with Gasteiger partial charge in [0.1, 0.15) is 5.54 Å². The van der Waals surface area contributed by atoms with Crippen LogP contribution in [0.25, 0.3) is 22.3 Å². The third-order valence-electron chi connectivity index (χ3n) is 4.40. The van der Waals surface area contributed by atoms with Gasteiger partial charge in [0.05, 0.1) is 5.52 Å². The number of primary amides is 1. The van der Waals surface area contributed by atoms with Gasteiger partial charge in [0, 0.05) is 18.8 Å². The highest BCUT2D eigenvalue weighted by atomic mass is 16.2. The average molecular weight is 324 g/mol. The number of hydrogen-bond acceptors (Lipinski definition) is 3. The van der Waals surface area contributed by atoms with Gasteiger partial charge in [0.2, 0.25) is 5.91 Å². The highest BCUT2D eigenvalue weighted by Gasteiger charge is 2.32. The molecule has 0 atom stereocenters. The van der Waals surface area contributed by atoms with Crippen LogP contribution < -0.4 is 11.4 Å². The van der Waals surface area contributed by atoms with Crippen LogP contribution in [0.4, 0.5) is 0 Å². The molecule has 0 spiro atoms. The Kier molecular flexibility index (Phi) is 3.55. The summed E-state index contributed by atoms with van der Waals surface area (Å²) < 4.78 is 2.84. The van der Waals surface area contributed by atoms with Crippen LogP contribution in [0.5, 0.6) is 0 Å². The van der Waals surface area contributed by atoms with E-state index >= 15 is 0 Å². The number of hydrogen-bond donors (Lipinski definition) is 1. The number of aryl methyl sites for hydroxylation is 2. The van der Waals surface area contributed by atoms with Crippen molar-refractivity contribution < 1.29 is 4.79 Å². The number of fused-ring (bicyclic) bond motifs is 1. The molecule has 6 heteroatoms. The predicted octanol–water partition coefficient (Wildman–Crippen LogP) is 1.93. The lowest BCUT2D eigenvalue weighted by molar-refractivity contribution is -0.125. The molecular formula is C18H20N4O2. The van der Waals surface area contributed by atoms with Crippen LogP contribution in [0.3, 0.4) is 0 Å². The first kappa shape index (κ1) is 16.0. The lowest BCUT2D eigenvalue weighted by Crippen LogP contribution is -2.46. The van der Waals surface area contributed by atoms with Crippen LogP contribution in [0, 0.1) is 6.92 Å². The number of carbonyl (C=O) groups is 1. The lowest BCUT2D eigenvalue weighted by atomic mass is 10.0. The van der Waals surface area contributed by atoms with Crippen LogP contribution in [-0.2, 0) is 17.4 Å². The third kappa shape index (κ3) is 2.31. The van der Waals surface area contributed by atoms with Gasteiger partial charge in [0.15, 0.2) is 5.65 Å². The average Bonchev–Trinajstić information content (AvgIpc) is 2.78. The molecule has 0 saturated heterocycles. The number of nitrogens with two attached hydrogens (primary N) is 1. The Hall–Kier alpha value is -2.89. The van der Waals surface area contributed by atoms with E-state index in [1.807, 2.05) is 37.3 Å². The predicted molar refractivity (Wildman–Crippen MR) is 93.7 cm³/mol. The molecule has 0 bridgehead atoms. The van der Waals surface area contributed by atoms with E-state index in [0.29, 0.717) is 11.2 Å². The van der Waals surface area contributed by atoms with Gasteiger partial charge in [-0.1, -0.05) is 29.8 Å². The van der Waals surface area contributed by atoms with Gasteiger partial charge < -0.3 is 5.73 Å². The summed E-state index contributed by atoms with van der Waals surface area (Å²) in [7, 11) is 1.64. The molecule has 1 aromatic carbocycles. The minimum absolute atomic E-state index is 0.317. The van der Waals surface area contributed by atoms with Crippen LogP contribution in [0.15, 0.2) is 41.3 Å². The summed E-state index contributed by atoms with van der Waals surface area (Å²) >= 11 is 0. The van der Waals surface area contributed by atoms with E-state index in [1.165, 1.54) is 9.13 Å². The fraction of sp³-hybridized carbons (Fsp3) is 0.278. The highest BCUT2D eigenvalue weighted by molar-refractivity contribution is 5.86. The van der Waals surface area contributed by atoms with Crippen LogP contribution in [0.2, 0.25) is 0 Å². The van der Waals surface area contributed by atoms with Crippen molar-refractivity contribution in [3.8, 4) is 11.1 Å². The summed E-state index contributed by atoms with van der Waals surface area (Å²) in [6.45, 7) is 5.29. The highest BCUT2D eigenvalue weighted by Crippen LogP contribution is 2.26. The molecule has 3 aromatic rings. The second-order valence-electron chi connectivity index (χ2n) is 6.54. The van der Waals surface area contributed by atoms with Gasteiger partial charge in [-0.15, -0.1) is 0 Å². The number of pyridine rings is 1. The number of imidazole rings is 1. The molecule has 6 nitrogen and oxygen atoms in total. The zero-order chi connectivity index (χ0) is 17.6. The van der Waals surface area contributed by atoms with Crippen molar-refractivity contribution in [2.75, 3.05) is 0 Å². The van der Waals surface area contributed by atoms with Crippen molar-refractivity contribution in [1.29, 1.82) is 0 Å². The van der Waals surface area contributed by atoms with Crippen molar-refractivity contribution in [1.82, 2.24) is 14.1 Å². The topological polar surface area (TPSA) is 82.9 Å². The first-order chi connectivity index (χ1) is 11.2. The van der Waals surface area contributed by atoms with E-state index in [4.69, 9.17) is 5.73 Å². The number of benzene rings is 1. The lowest BCUT2D eigenvalue weighted by Gasteiger charge is -2.22. The first-order valence-corrected chi connectivity index (χ1v) is 7.68. The summed E-state index contributed by atoms with van der Waals surface area (Å²) in [6, 6.07) is 9.90. The second-order valence-corrected chi connectivity index (χ2v) is 6.54. The SMILES string of the molecule is Cc1cccc(-c2cnc3c(c2)n(C(C)(C)C(N)=O)c(=O)n3C)c1. The molecule has 1 amide bonds. The first-order valence-electron chi connectivity index (χ1n) is 7.68. The molecule has 0 radical (unpaired) electrons. The third-order valence-corrected chi connectivity index (χ3v) is 4.40. The summed E-state index contributed by atoms with van der Waals surface area (Å²) in [4.78, 5) is 28.9. The van der Waals surface area contributed by atoms with Crippen molar-refractivity contribution in [2.45, 2.75) is 26.3 Å². The second kappa shape index (κ2) is 5.33. The zero-order valence-electron chi connectivity index (χ0n) is 14.2. The van der Waals surface area contributed by atoms with E-state index in [1.54, 1.807) is 27.1 Å². The van der Waals surface area contributed by atoms with Crippen LogP contribution >= 0.6 is 0 Å². The zero-order valence-corrected chi connectivity index (χ0v) is 14.2. The Morgan fingerprint density at radius 2 is 1.92 bits per heavy atom. The van der Waals surface area contributed by atoms with Crippen molar-refractivity contribution >= 4 is 17.1 Å². The van der Waals surface area contributed by atoms with Gasteiger partial charge in [0.25, 0.3) is 0 Å². The molecule has 2 aromatic heterocycles. The Labute approximate surface area is 139 Å². The maximum Gasteiger partial charge on any atom is 0.331 e. The standard InChI is InChI=1S/C18H20N4O2/c1-11-6-5-7-12(8-11)13-9-14-15(20-10-13)21(4)17(24)22(14)18(2,3)16(19)23/h5-10H,1-4H3,(H2,19,23). The molecule has 3 rings (SSSR count). The number of amides is 1. The number of rotatable bonds is 3. The molecule has 0 aliphatic carbocycles. The Bertz CT molecular complexity index is 1010. The van der Waals surface area contributed by atoms with Gasteiger partial charge in [-0.3, -0.25) is 13.9 Å². The van der Waals surface area contributed by atoms with Gasteiger partial charge in [-0.2, -0.15) is 0 Å². The largest absolute Gasteiger partial charge is 0.368 e. The quantitative estimate of drug-likeness (QED) is 0.799. The minimum atomic E-state index is -1.15. The molecule has 2 N–H and O–H groups in total. The normalized spacial score (nSPS) is 11.8. The Morgan fingerprint density at radius 3 is 2.54 bits per heavy atom. The molecule has 0 saturated carbocycles. The van der Waals surface area contributed by atoms with Crippen LogP contribution in [-0.4, -0.2) is 20.0 Å². The molecule has 0 fully saturated rings. The molecule has 0 unspecified atom stereocenters. The van der Waals surface area contributed by atoms with Crippen molar-refractivity contribution in [3.63, 3.8) is 0 Å². The molecule has 124 valence electrons. The number of aromatic nitrogens is 3. The summed E-state index contributed by atoms with van der Waals surface area (Å²) in [6.07, 6.45) is 1.73. The number of carbonyl (C=O) groups excluding carboxylic acids is 1. The number of nitrogens with zero attached hydrogens (tertiary/aromatic N) is 3. The fourth-order valence-corrected chi connectivity index (χ4v) is 2.85. The maximum absolute atomic E-state index is 12.6. The van der Waals surface area contributed by atoms with E-state index in [0.717, 1.165) is 16.7 Å². The van der Waals surface area contributed by atoms with E-state index < -0.39 is 11.4 Å². The van der Waals surface area contributed by atoms with Crippen molar-refractivity contribution in [3.05, 3.63) is 52.6 Å². The monoisotopic (exact) mass is 324 g/mol. The summed E-state index contributed by atoms with van der Waals surface area (Å²) in [5.41, 5.74) is 8.17. The van der Waals surface area contributed by atoms with Crippen LogP contribution in [0.1, 0.15) is 19.4 Å². The smallest absolute Gasteiger partial charge is 0.331 e. The maximum atomic E-state index is 12.6. The summed E-state index contributed by atoms with van der Waals surface area (Å²) in [5, 5.41) is 0. The molecule has 0 aliphatic heterocycles. The molecule has 2 heterocycles. The molecular weight excluding hydrogens is 304 g/mol. The van der Waals surface area contributed by atoms with E-state index in [9.17, 15) is 9.59 Å². The van der Waals surface area contributed by atoms with Gasteiger partial charge in [-0.25, -0.2) is 9.78 Å². The fourth-order valence-electron chi connectivity index (χ4n) is 2.85. The molecule has 24 heavy (non-hydrogen) atoms. The Morgan fingerprint density at radius 1 is 1.21 bits per heavy atom. The van der Waals surface area contributed by atoms with E-state index in [2.05, 4.69) is 4.98 Å². The summed E-state index contributed by atoms with van der Waals surface area (Å²) in [5.74, 6) is -0.571. The Balaban J connectivity index is 2.34. The van der Waals surface area contributed by atoms with Gasteiger partial charge >= 0.3 is 5.69 Å². The van der Waals surface area contributed by atoms with Gasteiger partial charge in [-0.05, 0) is 32.4 Å².